The number of hydrogen-bond acceptors (Lipinski definition) is 3. The van der Waals surface area contributed by atoms with Gasteiger partial charge in [-0.1, -0.05) is 38.3 Å². The summed E-state index contributed by atoms with van der Waals surface area (Å²) in [7, 11) is -3.70. The lowest BCUT2D eigenvalue weighted by Crippen LogP contribution is -2.39. The van der Waals surface area contributed by atoms with Crippen molar-refractivity contribution in [3.8, 4) is 0 Å². The summed E-state index contributed by atoms with van der Waals surface area (Å²) in [5.41, 5.74) is 0.409. The first-order chi connectivity index (χ1) is 12.4. The molecule has 1 aliphatic carbocycles. The van der Waals surface area contributed by atoms with Gasteiger partial charge in [0.25, 0.3) is 5.91 Å². The van der Waals surface area contributed by atoms with Gasteiger partial charge in [-0.2, -0.15) is 4.31 Å². The molecule has 0 bridgehead atoms. The summed E-state index contributed by atoms with van der Waals surface area (Å²) in [4.78, 5) is 15.0. The van der Waals surface area contributed by atoms with E-state index >= 15 is 0 Å². The summed E-state index contributed by atoms with van der Waals surface area (Å²) in [5, 5.41) is 0.158. The van der Waals surface area contributed by atoms with E-state index in [9.17, 15) is 13.2 Å². The topological polar surface area (TPSA) is 57.7 Å². The number of halogens is 1. The largest absolute Gasteiger partial charge is 0.335 e. The van der Waals surface area contributed by atoms with Gasteiger partial charge in [0, 0.05) is 31.2 Å². The van der Waals surface area contributed by atoms with Gasteiger partial charge in [0.05, 0.1) is 5.02 Å². The van der Waals surface area contributed by atoms with E-state index in [0.29, 0.717) is 30.6 Å². The molecule has 2 aliphatic rings. The highest BCUT2D eigenvalue weighted by Crippen LogP contribution is 2.37. The van der Waals surface area contributed by atoms with Crippen molar-refractivity contribution < 1.29 is 13.2 Å². The van der Waals surface area contributed by atoms with Crippen LogP contribution in [-0.4, -0.2) is 49.2 Å². The molecule has 1 saturated carbocycles. The zero-order chi connectivity index (χ0) is 18.9. The molecule has 1 aromatic carbocycles. The Labute approximate surface area is 161 Å². The standard InChI is InChI=1S/C19H27ClN2O3S/c1-3-21(4-2)26(24,25)18-13-15(9-10-16(18)20)19(23)22-12-11-14-7-5-6-8-17(14)22/h9-10,13-14,17H,3-8,11-12H2,1-2H3. The fourth-order valence-electron chi connectivity index (χ4n) is 4.36. The van der Waals surface area contributed by atoms with E-state index in [1.165, 1.54) is 29.3 Å². The second-order valence-electron chi connectivity index (χ2n) is 7.13. The summed E-state index contributed by atoms with van der Waals surface area (Å²) < 4.78 is 27.1. The van der Waals surface area contributed by atoms with Crippen molar-refractivity contribution in [2.24, 2.45) is 5.92 Å². The van der Waals surface area contributed by atoms with Crippen molar-refractivity contribution in [2.45, 2.75) is 56.9 Å². The lowest BCUT2D eigenvalue weighted by atomic mass is 9.85. The number of benzene rings is 1. The minimum absolute atomic E-state index is 0.0214. The van der Waals surface area contributed by atoms with Crippen LogP contribution in [0.5, 0.6) is 0 Å². The molecule has 2 fully saturated rings. The number of hydrogen-bond donors (Lipinski definition) is 0. The van der Waals surface area contributed by atoms with Gasteiger partial charge in [0.2, 0.25) is 10.0 Å². The minimum atomic E-state index is -3.70. The molecule has 1 aromatic rings. The maximum atomic E-state index is 13.1. The number of likely N-dealkylation sites (tertiary alicyclic amines) is 1. The van der Waals surface area contributed by atoms with Gasteiger partial charge >= 0.3 is 0 Å². The predicted molar refractivity (Wildman–Crippen MR) is 103 cm³/mol. The third-order valence-electron chi connectivity index (χ3n) is 5.77. The average molecular weight is 399 g/mol. The van der Waals surface area contributed by atoms with Gasteiger partial charge in [-0.25, -0.2) is 8.42 Å². The summed E-state index contributed by atoms with van der Waals surface area (Å²) >= 11 is 6.18. The molecule has 144 valence electrons. The Bertz CT molecular complexity index is 777. The van der Waals surface area contributed by atoms with E-state index in [-0.39, 0.29) is 15.8 Å². The Kier molecular flexibility index (Phi) is 5.94. The normalized spacial score (nSPS) is 23.3. The fourth-order valence-corrected chi connectivity index (χ4v) is 6.32. The highest BCUT2D eigenvalue weighted by Gasteiger charge is 2.38. The Balaban J connectivity index is 1.91. The van der Waals surface area contributed by atoms with E-state index in [4.69, 9.17) is 11.6 Å². The molecule has 26 heavy (non-hydrogen) atoms. The molecule has 1 aliphatic heterocycles. The summed E-state index contributed by atoms with van der Waals surface area (Å²) in [6.45, 7) is 5.07. The van der Waals surface area contributed by atoms with Crippen molar-refractivity contribution in [3.05, 3.63) is 28.8 Å². The summed E-state index contributed by atoms with van der Waals surface area (Å²) in [5.74, 6) is 0.519. The van der Waals surface area contributed by atoms with Crippen LogP contribution in [0.3, 0.4) is 0 Å². The van der Waals surface area contributed by atoms with Crippen molar-refractivity contribution in [1.82, 2.24) is 9.21 Å². The maximum Gasteiger partial charge on any atom is 0.254 e. The molecular weight excluding hydrogens is 372 g/mol. The Morgan fingerprint density at radius 2 is 1.88 bits per heavy atom. The van der Waals surface area contributed by atoms with E-state index < -0.39 is 10.0 Å². The average Bonchev–Trinajstić information content (AvgIpc) is 3.06. The van der Waals surface area contributed by atoms with Gasteiger partial charge in [0.1, 0.15) is 4.90 Å². The molecule has 1 saturated heterocycles. The summed E-state index contributed by atoms with van der Waals surface area (Å²) in [6, 6.07) is 4.92. The third kappa shape index (κ3) is 3.51. The molecule has 2 atom stereocenters. The first-order valence-corrected chi connectivity index (χ1v) is 11.3. The highest BCUT2D eigenvalue weighted by atomic mass is 35.5. The molecule has 0 N–H and O–H groups in total. The molecule has 7 heteroatoms. The molecule has 0 radical (unpaired) electrons. The second kappa shape index (κ2) is 7.87. The number of carbonyl (C=O) groups excluding carboxylic acids is 1. The molecule has 3 rings (SSSR count). The minimum Gasteiger partial charge on any atom is -0.335 e. The lowest BCUT2D eigenvalue weighted by molar-refractivity contribution is 0.0690. The number of nitrogens with zero attached hydrogens (tertiary/aromatic N) is 2. The van der Waals surface area contributed by atoms with E-state index in [0.717, 1.165) is 25.8 Å². The molecule has 1 heterocycles. The monoisotopic (exact) mass is 398 g/mol. The van der Waals surface area contributed by atoms with Crippen LogP contribution in [0.1, 0.15) is 56.3 Å². The van der Waals surface area contributed by atoms with E-state index in [1.54, 1.807) is 19.9 Å². The predicted octanol–water partition coefficient (Wildman–Crippen LogP) is 3.78. The quantitative estimate of drug-likeness (QED) is 0.758. The molecule has 1 amide bonds. The fraction of sp³-hybridized carbons (Fsp3) is 0.632. The lowest BCUT2D eigenvalue weighted by Gasteiger charge is -2.31. The van der Waals surface area contributed by atoms with Crippen LogP contribution in [0.2, 0.25) is 5.02 Å². The van der Waals surface area contributed by atoms with Crippen molar-refractivity contribution >= 4 is 27.5 Å². The van der Waals surface area contributed by atoms with Crippen LogP contribution in [0.25, 0.3) is 0 Å². The SMILES string of the molecule is CCN(CC)S(=O)(=O)c1cc(C(=O)N2CCC3CCCCC32)ccc1Cl. The second-order valence-corrected chi connectivity index (χ2v) is 9.45. The maximum absolute atomic E-state index is 13.1. The molecule has 0 spiro atoms. The number of fused-ring (bicyclic) bond motifs is 1. The van der Waals surface area contributed by atoms with Crippen molar-refractivity contribution in [1.29, 1.82) is 0 Å². The van der Waals surface area contributed by atoms with Crippen molar-refractivity contribution in [2.75, 3.05) is 19.6 Å². The van der Waals surface area contributed by atoms with Crippen molar-refractivity contribution in [3.63, 3.8) is 0 Å². The Hall–Kier alpha value is -1.11. The van der Waals surface area contributed by atoms with Crippen LogP contribution in [0, 0.1) is 5.92 Å². The first-order valence-electron chi connectivity index (χ1n) is 9.50. The Morgan fingerprint density at radius 1 is 1.19 bits per heavy atom. The highest BCUT2D eigenvalue weighted by molar-refractivity contribution is 7.89. The van der Waals surface area contributed by atoms with Crippen LogP contribution < -0.4 is 0 Å². The zero-order valence-corrected chi connectivity index (χ0v) is 17.0. The van der Waals surface area contributed by atoms with Gasteiger partial charge in [-0.3, -0.25) is 4.79 Å². The number of sulfonamides is 1. The molecule has 5 nitrogen and oxygen atoms in total. The molecular formula is C19H27ClN2O3S. The van der Waals surface area contributed by atoms with Gasteiger partial charge in [-0.05, 0) is 43.4 Å². The number of rotatable bonds is 5. The van der Waals surface area contributed by atoms with E-state index in [1.807, 2.05) is 4.90 Å². The van der Waals surface area contributed by atoms with Crippen LogP contribution in [0.4, 0.5) is 0 Å². The van der Waals surface area contributed by atoms with Crippen LogP contribution >= 0.6 is 11.6 Å². The number of amides is 1. The first kappa shape index (κ1) is 19.6. The van der Waals surface area contributed by atoms with Gasteiger partial charge < -0.3 is 4.90 Å². The summed E-state index contributed by atoms with van der Waals surface area (Å²) in [6.07, 6.45) is 5.70. The van der Waals surface area contributed by atoms with Crippen LogP contribution in [-0.2, 0) is 10.0 Å². The number of carbonyl (C=O) groups is 1. The van der Waals surface area contributed by atoms with Gasteiger partial charge in [-0.15, -0.1) is 0 Å². The Morgan fingerprint density at radius 3 is 2.58 bits per heavy atom. The zero-order valence-electron chi connectivity index (χ0n) is 15.4. The van der Waals surface area contributed by atoms with E-state index in [2.05, 4.69) is 0 Å². The smallest absolute Gasteiger partial charge is 0.254 e. The molecule has 2 unspecified atom stereocenters. The third-order valence-corrected chi connectivity index (χ3v) is 8.30. The van der Waals surface area contributed by atoms with Gasteiger partial charge in [0.15, 0.2) is 0 Å². The molecule has 0 aromatic heterocycles. The van der Waals surface area contributed by atoms with Crippen LogP contribution in [0.15, 0.2) is 23.1 Å².